The Morgan fingerprint density at radius 3 is 2.69 bits per heavy atom. The lowest BCUT2D eigenvalue weighted by molar-refractivity contribution is 0.624. The van der Waals surface area contributed by atoms with Crippen LogP contribution in [0.5, 0.6) is 0 Å². The molecular formula is C20H15FN6O2. The molecule has 1 fully saturated rings. The Hall–Kier alpha value is -4.06. The first-order valence-electron chi connectivity index (χ1n) is 8.88. The summed E-state index contributed by atoms with van der Waals surface area (Å²) in [6.45, 7) is 0. The SMILES string of the molecule is N#Cc1ccccc1F.O=c1[nH]cc(-c2cc(C3CC3)c3nccn3n2)c(=O)[nH]1. The zero-order valence-electron chi connectivity index (χ0n) is 15.1. The van der Waals surface area contributed by atoms with E-state index in [2.05, 4.69) is 20.1 Å². The van der Waals surface area contributed by atoms with Crippen LogP contribution in [0.1, 0.15) is 29.9 Å². The lowest BCUT2D eigenvalue weighted by Gasteiger charge is -2.05. The van der Waals surface area contributed by atoms with Gasteiger partial charge in [0.05, 0.1) is 16.8 Å². The van der Waals surface area contributed by atoms with E-state index in [-0.39, 0.29) is 5.56 Å². The van der Waals surface area contributed by atoms with Crippen molar-refractivity contribution in [3.05, 3.63) is 86.7 Å². The largest absolute Gasteiger partial charge is 0.325 e. The van der Waals surface area contributed by atoms with Crippen LogP contribution in [0.3, 0.4) is 0 Å². The highest BCUT2D eigenvalue weighted by Crippen LogP contribution is 2.42. The van der Waals surface area contributed by atoms with Crippen LogP contribution in [0.2, 0.25) is 0 Å². The molecular weight excluding hydrogens is 375 g/mol. The number of aromatic nitrogens is 5. The average molecular weight is 390 g/mol. The Labute approximate surface area is 163 Å². The molecule has 1 aliphatic carbocycles. The van der Waals surface area contributed by atoms with Crippen molar-refractivity contribution in [3.63, 3.8) is 0 Å². The predicted molar refractivity (Wildman–Crippen MR) is 103 cm³/mol. The van der Waals surface area contributed by atoms with Gasteiger partial charge in [-0.05, 0) is 37.0 Å². The summed E-state index contributed by atoms with van der Waals surface area (Å²) in [4.78, 5) is 31.9. The van der Waals surface area contributed by atoms with Crippen LogP contribution in [0, 0.1) is 17.1 Å². The van der Waals surface area contributed by atoms with Gasteiger partial charge >= 0.3 is 5.69 Å². The minimum atomic E-state index is -0.523. The summed E-state index contributed by atoms with van der Waals surface area (Å²) in [6, 6.07) is 9.49. The highest BCUT2D eigenvalue weighted by molar-refractivity contribution is 5.62. The van der Waals surface area contributed by atoms with Gasteiger partial charge in [0.1, 0.15) is 11.9 Å². The van der Waals surface area contributed by atoms with Crippen molar-refractivity contribution in [2.24, 2.45) is 0 Å². The number of H-pyrrole nitrogens is 2. The number of benzene rings is 1. The van der Waals surface area contributed by atoms with E-state index in [1.54, 1.807) is 35.1 Å². The van der Waals surface area contributed by atoms with Crippen molar-refractivity contribution < 1.29 is 4.39 Å². The van der Waals surface area contributed by atoms with E-state index in [1.165, 1.54) is 18.3 Å². The second kappa shape index (κ2) is 7.52. The first-order chi connectivity index (χ1) is 14.1. The number of nitriles is 1. The third kappa shape index (κ3) is 3.82. The van der Waals surface area contributed by atoms with Crippen molar-refractivity contribution in [2.75, 3.05) is 0 Å². The average Bonchev–Trinajstić information content (AvgIpc) is 3.45. The normalized spacial score (nSPS) is 12.8. The summed E-state index contributed by atoms with van der Waals surface area (Å²) >= 11 is 0. The van der Waals surface area contributed by atoms with Gasteiger partial charge in [-0.25, -0.2) is 18.7 Å². The van der Waals surface area contributed by atoms with Crippen LogP contribution in [-0.2, 0) is 0 Å². The highest BCUT2D eigenvalue weighted by atomic mass is 19.1. The molecule has 3 aromatic heterocycles. The summed E-state index contributed by atoms with van der Waals surface area (Å²) in [5.41, 5.74) is 1.95. The molecule has 144 valence electrons. The Morgan fingerprint density at radius 1 is 1.24 bits per heavy atom. The molecule has 0 radical (unpaired) electrons. The molecule has 1 saturated carbocycles. The van der Waals surface area contributed by atoms with Crippen molar-refractivity contribution in [1.29, 1.82) is 5.26 Å². The third-order valence-corrected chi connectivity index (χ3v) is 4.49. The van der Waals surface area contributed by atoms with Gasteiger partial charge in [0, 0.05) is 24.2 Å². The van der Waals surface area contributed by atoms with E-state index in [0.717, 1.165) is 24.1 Å². The summed E-state index contributed by atoms with van der Waals surface area (Å²) in [5.74, 6) is 0.0310. The summed E-state index contributed by atoms with van der Waals surface area (Å²) in [5, 5.41) is 12.6. The maximum Gasteiger partial charge on any atom is 0.325 e. The molecule has 8 nitrogen and oxygen atoms in total. The van der Waals surface area contributed by atoms with Gasteiger partial charge < -0.3 is 4.98 Å². The van der Waals surface area contributed by atoms with Gasteiger partial charge in [-0.2, -0.15) is 10.4 Å². The lowest BCUT2D eigenvalue weighted by atomic mass is 10.1. The maximum absolute atomic E-state index is 12.4. The lowest BCUT2D eigenvalue weighted by Crippen LogP contribution is -2.23. The molecule has 0 unspecified atom stereocenters. The zero-order chi connectivity index (χ0) is 20.4. The molecule has 1 aromatic carbocycles. The van der Waals surface area contributed by atoms with Gasteiger partial charge in [0.15, 0.2) is 5.65 Å². The second-order valence-electron chi connectivity index (χ2n) is 6.53. The van der Waals surface area contributed by atoms with E-state index in [1.807, 2.05) is 6.07 Å². The fourth-order valence-corrected chi connectivity index (χ4v) is 2.92. The highest BCUT2D eigenvalue weighted by Gasteiger charge is 2.27. The van der Waals surface area contributed by atoms with Gasteiger partial charge in [-0.3, -0.25) is 9.78 Å². The number of nitrogens with one attached hydrogen (secondary N) is 2. The van der Waals surface area contributed by atoms with Crippen LogP contribution in [0.15, 0.2) is 58.5 Å². The summed E-state index contributed by atoms with van der Waals surface area (Å²) < 4.78 is 14.0. The Bertz CT molecular complexity index is 1340. The first kappa shape index (κ1) is 18.3. The molecule has 1 aliphatic rings. The van der Waals surface area contributed by atoms with Crippen molar-refractivity contribution in [2.45, 2.75) is 18.8 Å². The molecule has 0 spiro atoms. The van der Waals surface area contributed by atoms with Crippen LogP contribution >= 0.6 is 0 Å². The Balaban J connectivity index is 0.000000192. The number of aromatic amines is 2. The fourth-order valence-electron chi connectivity index (χ4n) is 2.92. The first-order valence-corrected chi connectivity index (χ1v) is 8.88. The minimum absolute atomic E-state index is 0.0949. The standard InChI is InChI=1S/C13H11N5O2.C7H4FN/c19-12-9(6-15-13(20)16-12)10-5-8(7-1-2-7)11-14-3-4-18(11)17-10;8-7-4-2-1-3-6(7)5-9/h3-7H,1-2H2,(H2,15,16,19,20);1-4H. The second-order valence-corrected chi connectivity index (χ2v) is 6.53. The molecule has 5 rings (SSSR count). The molecule has 0 bridgehead atoms. The van der Waals surface area contributed by atoms with E-state index >= 15 is 0 Å². The molecule has 0 amide bonds. The number of fused-ring (bicyclic) bond motifs is 1. The quantitative estimate of drug-likeness (QED) is 0.544. The van der Waals surface area contributed by atoms with Gasteiger partial charge in [-0.15, -0.1) is 0 Å². The number of hydrogen-bond acceptors (Lipinski definition) is 5. The van der Waals surface area contributed by atoms with Crippen LogP contribution in [0.4, 0.5) is 4.39 Å². The molecule has 2 N–H and O–H groups in total. The molecule has 3 heterocycles. The monoisotopic (exact) mass is 390 g/mol. The van der Waals surface area contributed by atoms with E-state index < -0.39 is 17.1 Å². The van der Waals surface area contributed by atoms with Gasteiger partial charge in [-0.1, -0.05) is 12.1 Å². The molecule has 0 atom stereocenters. The van der Waals surface area contributed by atoms with Gasteiger partial charge in [0.25, 0.3) is 5.56 Å². The van der Waals surface area contributed by atoms with Crippen molar-refractivity contribution >= 4 is 5.65 Å². The van der Waals surface area contributed by atoms with Crippen LogP contribution in [-0.4, -0.2) is 24.6 Å². The predicted octanol–water partition coefficient (Wildman–Crippen LogP) is 2.35. The molecule has 4 aromatic rings. The zero-order valence-corrected chi connectivity index (χ0v) is 15.1. The number of halogens is 1. The molecule has 29 heavy (non-hydrogen) atoms. The Morgan fingerprint density at radius 2 is 2.03 bits per heavy atom. The molecule has 0 saturated heterocycles. The number of hydrogen-bond donors (Lipinski definition) is 2. The smallest absolute Gasteiger partial charge is 0.313 e. The van der Waals surface area contributed by atoms with E-state index in [0.29, 0.717) is 17.2 Å². The van der Waals surface area contributed by atoms with Crippen molar-refractivity contribution in [1.82, 2.24) is 24.6 Å². The Kier molecular flexibility index (Phi) is 4.75. The van der Waals surface area contributed by atoms with Crippen LogP contribution in [0.25, 0.3) is 16.9 Å². The number of imidazole rings is 1. The third-order valence-electron chi connectivity index (χ3n) is 4.49. The topological polar surface area (TPSA) is 120 Å². The van der Waals surface area contributed by atoms with Crippen LogP contribution < -0.4 is 11.2 Å². The summed E-state index contributed by atoms with van der Waals surface area (Å²) in [6.07, 6.45) is 7.10. The molecule has 9 heteroatoms. The number of nitrogens with zero attached hydrogens (tertiary/aromatic N) is 4. The minimum Gasteiger partial charge on any atom is -0.313 e. The number of rotatable bonds is 2. The maximum atomic E-state index is 12.4. The van der Waals surface area contributed by atoms with Crippen molar-refractivity contribution in [3.8, 4) is 17.3 Å². The van der Waals surface area contributed by atoms with E-state index in [9.17, 15) is 14.0 Å². The van der Waals surface area contributed by atoms with E-state index in [4.69, 9.17) is 5.26 Å². The van der Waals surface area contributed by atoms with Gasteiger partial charge in [0.2, 0.25) is 0 Å². The molecule has 0 aliphatic heterocycles. The fraction of sp³-hybridized carbons (Fsp3) is 0.150. The summed E-state index contributed by atoms with van der Waals surface area (Å²) in [7, 11) is 0.